The molecule has 164 valence electrons. The van der Waals surface area contributed by atoms with Crippen LogP contribution in [0.4, 0.5) is 18.9 Å². The molecule has 0 unspecified atom stereocenters. The number of halogens is 3. The second-order valence-electron chi connectivity index (χ2n) is 7.58. The lowest BCUT2D eigenvalue weighted by molar-refractivity contribution is -0.137. The standard InChI is InChI=1S/C23H23F3N2O3/c24-23(25,26)17-3-1-15(2-4-17)7-12-31-18-5-6-20-19(13-18)21(14-27-20)28-22(29)16-8-10-30-11-9-16/h1-6,13-14,16,27H,7-12H2,(H,28,29). The molecule has 0 aliphatic carbocycles. The first-order valence-corrected chi connectivity index (χ1v) is 10.2. The molecule has 1 saturated heterocycles. The first kappa shape index (κ1) is 21.2. The third-order valence-electron chi connectivity index (χ3n) is 5.44. The van der Waals surface area contributed by atoms with Gasteiger partial charge in [0.1, 0.15) is 5.75 Å². The molecule has 1 amide bonds. The average Bonchev–Trinajstić information content (AvgIpc) is 3.16. The van der Waals surface area contributed by atoms with Gasteiger partial charge in [-0.25, -0.2) is 0 Å². The van der Waals surface area contributed by atoms with E-state index in [2.05, 4.69) is 10.3 Å². The minimum Gasteiger partial charge on any atom is -0.493 e. The maximum Gasteiger partial charge on any atom is 0.416 e. The van der Waals surface area contributed by atoms with Crippen LogP contribution in [0.2, 0.25) is 0 Å². The highest BCUT2D eigenvalue weighted by Gasteiger charge is 2.29. The molecule has 0 bridgehead atoms. The first-order chi connectivity index (χ1) is 14.9. The monoisotopic (exact) mass is 432 g/mol. The minimum absolute atomic E-state index is 0.0159. The van der Waals surface area contributed by atoms with Crippen LogP contribution in [0, 0.1) is 5.92 Å². The molecule has 1 aromatic heterocycles. The van der Waals surface area contributed by atoms with Gasteiger partial charge in [-0.2, -0.15) is 13.2 Å². The highest BCUT2D eigenvalue weighted by Crippen LogP contribution is 2.30. The zero-order valence-corrected chi connectivity index (χ0v) is 16.8. The molecule has 0 atom stereocenters. The second kappa shape index (κ2) is 9.01. The molecule has 2 heterocycles. The van der Waals surface area contributed by atoms with Gasteiger partial charge in [0, 0.05) is 42.7 Å². The number of anilines is 1. The van der Waals surface area contributed by atoms with Crippen molar-refractivity contribution in [2.24, 2.45) is 5.92 Å². The van der Waals surface area contributed by atoms with Crippen LogP contribution in [-0.4, -0.2) is 30.7 Å². The smallest absolute Gasteiger partial charge is 0.416 e. The number of alkyl halides is 3. The SMILES string of the molecule is O=C(Nc1c[nH]c2ccc(OCCc3ccc(C(F)(F)F)cc3)cc12)C1CCOCC1. The molecule has 31 heavy (non-hydrogen) atoms. The Hall–Kier alpha value is -3.00. The van der Waals surface area contributed by atoms with E-state index in [4.69, 9.17) is 9.47 Å². The summed E-state index contributed by atoms with van der Waals surface area (Å²) in [5, 5.41) is 3.83. The molecular weight excluding hydrogens is 409 g/mol. The number of hydrogen-bond acceptors (Lipinski definition) is 3. The maximum absolute atomic E-state index is 12.7. The fourth-order valence-corrected chi connectivity index (χ4v) is 3.63. The fraction of sp³-hybridized carbons (Fsp3) is 0.348. The van der Waals surface area contributed by atoms with Crippen LogP contribution in [0.1, 0.15) is 24.0 Å². The van der Waals surface area contributed by atoms with Gasteiger partial charge in [-0.1, -0.05) is 12.1 Å². The van der Waals surface area contributed by atoms with Gasteiger partial charge in [0.2, 0.25) is 5.91 Å². The topological polar surface area (TPSA) is 63.4 Å². The molecule has 0 radical (unpaired) electrons. The molecule has 0 saturated carbocycles. The van der Waals surface area contributed by atoms with Crippen molar-refractivity contribution in [3.8, 4) is 5.75 Å². The molecule has 0 spiro atoms. The summed E-state index contributed by atoms with van der Waals surface area (Å²) < 4.78 is 49.1. The Morgan fingerprint density at radius 1 is 1.13 bits per heavy atom. The zero-order chi connectivity index (χ0) is 21.8. The van der Waals surface area contributed by atoms with Crippen LogP contribution < -0.4 is 10.1 Å². The molecule has 2 N–H and O–H groups in total. The summed E-state index contributed by atoms with van der Waals surface area (Å²) in [5.41, 5.74) is 1.67. The third kappa shape index (κ3) is 5.19. The summed E-state index contributed by atoms with van der Waals surface area (Å²) >= 11 is 0. The minimum atomic E-state index is -4.33. The summed E-state index contributed by atoms with van der Waals surface area (Å²) in [7, 11) is 0. The highest BCUT2D eigenvalue weighted by molar-refractivity contribution is 6.02. The second-order valence-corrected chi connectivity index (χ2v) is 7.58. The number of aromatic nitrogens is 1. The lowest BCUT2D eigenvalue weighted by atomic mass is 9.99. The van der Waals surface area contributed by atoms with Crippen LogP contribution in [0.25, 0.3) is 10.9 Å². The number of carbonyl (C=O) groups is 1. The first-order valence-electron chi connectivity index (χ1n) is 10.2. The van der Waals surface area contributed by atoms with Crippen molar-refractivity contribution in [1.29, 1.82) is 0 Å². The Labute approximate surface area is 177 Å². The van der Waals surface area contributed by atoms with Crippen LogP contribution in [0.15, 0.2) is 48.7 Å². The van der Waals surface area contributed by atoms with Crippen LogP contribution in [0.3, 0.4) is 0 Å². The van der Waals surface area contributed by atoms with Gasteiger partial charge in [0.15, 0.2) is 0 Å². The number of benzene rings is 2. The number of aromatic amines is 1. The summed E-state index contributed by atoms with van der Waals surface area (Å²) in [6.07, 6.45) is -0.664. The fourth-order valence-electron chi connectivity index (χ4n) is 3.63. The molecule has 3 aromatic rings. The number of carbonyl (C=O) groups excluding carboxylic acids is 1. The Morgan fingerprint density at radius 3 is 2.58 bits per heavy atom. The Bertz CT molecular complexity index is 1040. The van der Waals surface area contributed by atoms with Gasteiger partial charge in [0.05, 0.1) is 17.9 Å². The van der Waals surface area contributed by atoms with Crippen molar-refractivity contribution in [3.05, 3.63) is 59.8 Å². The van der Waals surface area contributed by atoms with Gasteiger partial charge >= 0.3 is 6.18 Å². The van der Waals surface area contributed by atoms with Gasteiger partial charge in [-0.15, -0.1) is 0 Å². The van der Waals surface area contributed by atoms with Gasteiger partial charge in [-0.05, 0) is 48.7 Å². The summed E-state index contributed by atoms with van der Waals surface area (Å²) in [6, 6.07) is 10.6. The lowest BCUT2D eigenvalue weighted by Crippen LogP contribution is -2.28. The normalized spacial score (nSPS) is 15.2. The molecule has 1 aliphatic rings. The molecule has 1 aliphatic heterocycles. The molecule has 2 aromatic carbocycles. The molecular formula is C23H23F3N2O3. The van der Waals surface area contributed by atoms with Crippen LogP contribution in [0.5, 0.6) is 5.75 Å². The number of nitrogens with one attached hydrogen (secondary N) is 2. The summed E-state index contributed by atoms with van der Waals surface area (Å²) in [6.45, 7) is 1.52. The predicted molar refractivity (Wildman–Crippen MR) is 111 cm³/mol. The Morgan fingerprint density at radius 2 is 1.87 bits per heavy atom. The highest BCUT2D eigenvalue weighted by atomic mass is 19.4. The van der Waals surface area contributed by atoms with Gasteiger partial charge in [-0.3, -0.25) is 4.79 Å². The number of amides is 1. The Balaban J connectivity index is 1.37. The molecule has 5 nitrogen and oxygen atoms in total. The van der Waals surface area contributed by atoms with Crippen molar-refractivity contribution in [2.75, 3.05) is 25.1 Å². The van der Waals surface area contributed by atoms with Gasteiger partial charge in [0.25, 0.3) is 0 Å². The predicted octanol–water partition coefficient (Wildman–Crippen LogP) is 5.17. The number of rotatable bonds is 6. The summed E-state index contributed by atoms with van der Waals surface area (Å²) in [4.78, 5) is 15.7. The molecule has 8 heteroatoms. The van der Waals surface area contributed by atoms with Crippen LogP contribution in [-0.2, 0) is 22.1 Å². The third-order valence-corrected chi connectivity index (χ3v) is 5.44. The largest absolute Gasteiger partial charge is 0.493 e. The quantitative estimate of drug-likeness (QED) is 0.565. The molecule has 1 fully saturated rings. The average molecular weight is 432 g/mol. The van der Waals surface area contributed by atoms with Crippen LogP contribution >= 0.6 is 0 Å². The van der Waals surface area contributed by atoms with E-state index in [0.29, 0.717) is 50.5 Å². The Kier molecular flexibility index (Phi) is 6.18. The number of H-pyrrole nitrogens is 1. The number of fused-ring (bicyclic) bond motifs is 1. The van der Waals surface area contributed by atoms with Gasteiger partial charge < -0.3 is 19.8 Å². The summed E-state index contributed by atoms with van der Waals surface area (Å²) in [5.74, 6) is 0.556. The van der Waals surface area contributed by atoms with E-state index in [1.165, 1.54) is 12.1 Å². The van der Waals surface area contributed by atoms with Crippen molar-refractivity contribution in [2.45, 2.75) is 25.4 Å². The van der Waals surface area contributed by atoms with E-state index in [0.717, 1.165) is 28.6 Å². The van der Waals surface area contributed by atoms with E-state index < -0.39 is 11.7 Å². The van der Waals surface area contributed by atoms with Crippen molar-refractivity contribution >= 4 is 22.5 Å². The van der Waals surface area contributed by atoms with Crippen molar-refractivity contribution in [3.63, 3.8) is 0 Å². The lowest BCUT2D eigenvalue weighted by Gasteiger charge is -2.21. The number of hydrogen-bond donors (Lipinski definition) is 2. The molecule has 4 rings (SSSR count). The zero-order valence-electron chi connectivity index (χ0n) is 16.8. The van der Waals surface area contributed by atoms with E-state index in [1.807, 2.05) is 18.2 Å². The van der Waals surface area contributed by atoms with E-state index in [1.54, 1.807) is 6.20 Å². The van der Waals surface area contributed by atoms with E-state index >= 15 is 0 Å². The van der Waals surface area contributed by atoms with E-state index in [-0.39, 0.29) is 11.8 Å². The number of ether oxygens (including phenoxy) is 2. The van der Waals surface area contributed by atoms with E-state index in [9.17, 15) is 18.0 Å². The van der Waals surface area contributed by atoms with Crippen molar-refractivity contribution in [1.82, 2.24) is 4.98 Å². The maximum atomic E-state index is 12.7. The van der Waals surface area contributed by atoms with Crippen molar-refractivity contribution < 1.29 is 27.4 Å².